The lowest BCUT2D eigenvalue weighted by Crippen LogP contribution is -2.48. The van der Waals surface area contributed by atoms with Crippen molar-refractivity contribution in [3.63, 3.8) is 0 Å². The lowest BCUT2D eigenvalue weighted by Gasteiger charge is -2.30. The van der Waals surface area contributed by atoms with Gasteiger partial charge >= 0.3 is 0 Å². The van der Waals surface area contributed by atoms with Crippen LogP contribution >= 0.6 is 0 Å². The van der Waals surface area contributed by atoms with E-state index in [-0.39, 0.29) is 18.1 Å². The van der Waals surface area contributed by atoms with Crippen molar-refractivity contribution in [1.29, 1.82) is 0 Å². The molecule has 0 spiro atoms. The smallest absolute Gasteiger partial charge is 0.237 e. The molecule has 106 valence electrons. The van der Waals surface area contributed by atoms with Crippen molar-refractivity contribution in [1.82, 2.24) is 10.2 Å². The molecule has 5 nitrogen and oxygen atoms in total. The number of nitrogens with zero attached hydrogens (tertiary/aromatic N) is 1. The number of likely N-dealkylation sites (tertiary alicyclic amines) is 1. The number of nitrogens with one attached hydrogen (secondary N) is 1. The van der Waals surface area contributed by atoms with Crippen molar-refractivity contribution < 1.29 is 14.6 Å². The Morgan fingerprint density at radius 3 is 2.89 bits per heavy atom. The average Bonchev–Trinajstić information content (AvgIpc) is 2.75. The number of aliphatic hydroxyl groups is 1. The van der Waals surface area contributed by atoms with Gasteiger partial charge in [-0.15, -0.1) is 0 Å². The van der Waals surface area contributed by atoms with Crippen LogP contribution in [-0.2, 0) is 9.53 Å². The summed E-state index contributed by atoms with van der Waals surface area (Å²) < 4.78 is 4.91. The normalized spacial score (nSPS) is 23.9. The van der Waals surface area contributed by atoms with Crippen LogP contribution in [0.5, 0.6) is 0 Å². The van der Waals surface area contributed by atoms with Crippen molar-refractivity contribution in [3.05, 3.63) is 0 Å². The molecule has 0 aromatic carbocycles. The molecule has 3 unspecified atom stereocenters. The van der Waals surface area contributed by atoms with E-state index in [2.05, 4.69) is 10.2 Å². The van der Waals surface area contributed by atoms with Crippen molar-refractivity contribution >= 4 is 5.91 Å². The third kappa shape index (κ3) is 4.55. The van der Waals surface area contributed by atoms with E-state index in [1.54, 1.807) is 14.0 Å². The topological polar surface area (TPSA) is 61.8 Å². The molecule has 0 aromatic heterocycles. The minimum absolute atomic E-state index is 0.0459. The molecule has 5 heteroatoms. The standard InChI is InChI=1S/C13H26N2O3/c1-10(16)9-12-5-4-7-15(12)11(2)13(17)14-6-8-18-3/h10-12,16H,4-9H2,1-3H3,(H,14,17). The number of aliphatic hydroxyl groups excluding tert-OH is 1. The summed E-state index contributed by atoms with van der Waals surface area (Å²) in [4.78, 5) is 14.2. The Kier molecular flexibility index (Phi) is 6.60. The second kappa shape index (κ2) is 7.71. The summed E-state index contributed by atoms with van der Waals surface area (Å²) in [5.41, 5.74) is 0. The van der Waals surface area contributed by atoms with Crippen LogP contribution in [-0.4, -0.2) is 60.9 Å². The molecule has 0 bridgehead atoms. The highest BCUT2D eigenvalue weighted by molar-refractivity contribution is 5.81. The van der Waals surface area contributed by atoms with Gasteiger partial charge in [0.2, 0.25) is 5.91 Å². The van der Waals surface area contributed by atoms with Gasteiger partial charge in [-0.05, 0) is 39.7 Å². The molecule has 1 aliphatic rings. The SMILES string of the molecule is COCCNC(=O)C(C)N1CCCC1CC(C)O. The maximum absolute atomic E-state index is 12.0. The fraction of sp³-hybridized carbons (Fsp3) is 0.923. The largest absolute Gasteiger partial charge is 0.393 e. The third-order valence-electron chi connectivity index (χ3n) is 3.52. The number of hydrogen-bond acceptors (Lipinski definition) is 4. The van der Waals surface area contributed by atoms with Crippen molar-refractivity contribution in [3.8, 4) is 0 Å². The molecule has 1 fully saturated rings. The highest BCUT2D eigenvalue weighted by Crippen LogP contribution is 2.23. The second-order valence-electron chi connectivity index (χ2n) is 5.08. The van der Waals surface area contributed by atoms with Crippen LogP contribution in [0.1, 0.15) is 33.1 Å². The zero-order chi connectivity index (χ0) is 13.5. The van der Waals surface area contributed by atoms with Crippen LogP contribution in [0.4, 0.5) is 0 Å². The minimum atomic E-state index is -0.306. The maximum Gasteiger partial charge on any atom is 0.237 e. The molecule has 1 amide bonds. The summed E-state index contributed by atoms with van der Waals surface area (Å²) in [7, 11) is 1.62. The van der Waals surface area contributed by atoms with E-state index in [0.29, 0.717) is 19.2 Å². The Balaban J connectivity index is 2.43. The van der Waals surface area contributed by atoms with E-state index in [1.165, 1.54) is 0 Å². The number of amides is 1. The van der Waals surface area contributed by atoms with E-state index in [4.69, 9.17) is 4.74 Å². The molecule has 0 saturated carbocycles. The van der Waals surface area contributed by atoms with Crippen molar-refractivity contribution in [2.24, 2.45) is 0 Å². The molecule has 18 heavy (non-hydrogen) atoms. The minimum Gasteiger partial charge on any atom is -0.393 e. The molecule has 2 N–H and O–H groups in total. The molecule has 1 aliphatic heterocycles. The fourth-order valence-electron chi connectivity index (χ4n) is 2.59. The van der Waals surface area contributed by atoms with Crippen LogP contribution in [0, 0.1) is 0 Å². The molecule has 0 aromatic rings. The number of rotatable bonds is 7. The van der Waals surface area contributed by atoms with Gasteiger partial charge in [-0.3, -0.25) is 9.69 Å². The van der Waals surface area contributed by atoms with Gasteiger partial charge in [0.1, 0.15) is 0 Å². The lowest BCUT2D eigenvalue weighted by molar-refractivity contribution is -0.126. The summed E-state index contributed by atoms with van der Waals surface area (Å²) >= 11 is 0. The predicted molar refractivity (Wildman–Crippen MR) is 70.4 cm³/mol. The lowest BCUT2D eigenvalue weighted by atomic mass is 10.1. The monoisotopic (exact) mass is 258 g/mol. The zero-order valence-electron chi connectivity index (χ0n) is 11.7. The third-order valence-corrected chi connectivity index (χ3v) is 3.52. The van der Waals surface area contributed by atoms with E-state index in [1.807, 2.05) is 6.92 Å². The van der Waals surface area contributed by atoms with Gasteiger partial charge in [0.15, 0.2) is 0 Å². The molecular weight excluding hydrogens is 232 g/mol. The number of methoxy groups -OCH3 is 1. The fourth-order valence-corrected chi connectivity index (χ4v) is 2.59. The van der Waals surface area contributed by atoms with Crippen molar-refractivity contribution in [2.75, 3.05) is 26.8 Å². The summed E-state index contributed by atoms with van der Waals surface area (Å²) in [5.74, 6) is 0.0459. The van der Waals surface area contributed by atoms with Gasteiger partial charge in [-0.2, -0.15) is 0 Å². The van der Waals surface area contributed by atoms with Crippen LogP contribution in [0.2, 0.25) is 0 Å². The van der Waals surface area contributed by atoms with Crippen molar-refractivity contribution in [2.45, 2.75) is 51.3 Å². The molecule has 1 heterocycles. The Bertz CT molecular complexity index is 259. The van der Waals surface area contributed by atoms with E-state index < -0.39 is 0 Å². The van der Waals surface area contributed by atoms with Gasteiger partial charge in [-0.25, -0.2) is 0 Å². The van der Waals surface area contributed by atoms with Gasteiger partial charge in [0.25, 0.3) is 0 Å². The number of carbonyl (C=O) groups is 1. The zero-order valence-corrected chi connectivity index (χ0v) is 11.7. The quantitative estimate of drug-likeness (QED) is 0.648. The summed E-state index contributed by atoms with van der Waals surface area (Å²) in [6.45, 7) is 5.77. The number of ether oxygens (including phenoxy) is 1. The Hall–Kier alpha value is -0.650. The van der Waals surface area contributed by atoms with Crippen LogP contribution in [0.25, 0.3) is 0 Å². The average molecular weight is 258 g/mol. The summed E-state index contributed by atoms with van der Waals surface area (Å²) in [5, 5.41) is 12.3. The maximum atomic E-state index is 12.0. The first-order valence-electron chi connectivity index (χ1n) is 6.76. The molecule has 0 radical (unpaired) electrons. The Labute approximate surface area is 109 Å². The summed E-state index contributed by atoms with van der Waals surface area (Å²) in [6.07, 6.45) is 2.61. The van der Waals surface area contributed by atoms with E-state index in [9.17, 15) is 9.90 Å². The molecule has 1 saturated heterocycles. The van der Waals surface area contributed by atoms with Crippen LogP contribution in [0.15, 0.2) is 0 Å². The first kappa shape index (κ1) is 15.4. The highest BCUT2D eigenvalue weighted by Gasteiger charge is 2.32. The summed E-state index contributed by atoms with van der Waals surface area (Å²) in [6, 6.07) is 0.196. The first-order chi connectivity index (χ1) is 8.56. The van der Waals surface area contributed by atoms with Gasteiger partial charge < -0.3 is 15.2 Å². The number of hydrogen-bond donors (Lipinski definition) is 2. The molecular formula is C13H26N2O3. The molecule has 3 atom stereocenters. The molecule has 0 aliphatic carbocycles. The second-order valence-corrected chi connectivity index (χ2v) is 5.08. The van der Waals surface area contributed by atoms with Crippen LogP contribution in [0.3, 0.4) is 0 Å². The Morgan fingerprint density at radius 2 is 2.28 bits per heavy atom. The van der Waals surface area contributed by atoms with Gasteiger partial charge in [0, 0.05) is 19.7 Å². The van der Waals surface area contributed by atoms with Crippen LogP contribution < -0.4 is 5.32 Å². The van der Waals surface area contributed by atoms with Gasteiger partial charge in [0.05, 0.1) is 18.8 Å². The Morgan fingerprint density at radius 1 is 1.56 bits per heavy atom. The number of carbonyl (C=O) groups excluding carboxylic acids is 1. The van der Waals surface area contributed by atoms with E-state index >= 15 is 0 Å². The predicted octanol–water partition coefficient (Wildman–Crippen LogP) is 0.373. The first-order valence-corrected chi connectivity index (χ1v) is 6.76. The molecule has 1 rings (SSSR count). The highest BCUT2D eigenvalue weighted by atomic mass is 16.5. The van der Waals surface area contributed by atoms with Gasteiger partial charge in [-0.1, -0.05) is 0 Å². The van der Waals surface area contributed by atoms with E-state index in [0.717, 1.165) is 25.8 Å².